The third kappa shape index (κ3) is 5.32. The molecule has 1 amide bonds. The zero-order valence-electron chi connectivity index (χ0n) is 20.7. The van der Waals surface area contributed by atoms with Crippen LogP contribution >= 0.6 is 11.6 Å². The summed E-state index contributed by atoms with van der Waals surface area (Å²) >= 11 is 6.21. The van der Waals surface area contributed by atoms with Crippen molar-refractivity contribution in [3.8, 4) is 11.4 Å². The van der Waals surface area contributed by atoms with Crippen LogP contribution in [0.25, 0.3) is 22.3 Å². The maximum absolute atomic E-state index is 13.7. The molecule has 1 aliphatic carbocycles. The highest BCUT2D eigenvalue weighted by Gasteiger charge is 2.33. The lowest BCUT2D eigenvalue weighted by Gasteiger charge is -2.38. The number of rotatable bonds is 7. The molecule has 2 aromatic carbocycles. The second-order valence-corrected chi connectivity index (χ2v) is 11.0. The fourth-order valence-electron chi connectivity index (χ4n) is 5.47. The van der Waals surface area contributed by atoms with Gasteiger partial charge >= 0.3 is 0 Å². The molecule has 36 heavy (non-hydrogen) atoms. The van der Waals surface area contributed by atoms with Crippen LogP contribution in [0.1, 0.15) is 44.6 Å². The SMILES string of the molecule is CC(C)NC(=O)Cn1c(-c2cccc(Cl)c2)nc2ccc([C@H]3C[C@@H](CN4CC[C@@H](F)C4)C3)cc2c1=O. The maximum atomic E-state index is 13.7. The Morgan fingerprint density at radius 3 is 2.72 bits per heavy atom. The van der Waals surface area contributed by atoms with Crippen LogP contribution in [0.15, 0.2) is 47.3 Å². The summed E-state index contributed by atoms with van der Waals surface area (Å²) in [6.07, 6.45) is 2.04. The lowest BCUT2D eigenvalue weighted by atomic mass is 9.71. The molecule has 6 nitrogen and oxygen atoms in total. The van der Waals surface area contributed by atoms with Crippen molar-refractivity contribution in [3.05, 3.63) is 63.4 Å². The molecule has 3 aromatic rings. The summed E-state index contributed by atoms with van der Waals surface area (Å²) in [4.78, 5) is 33.4. The van der Waals surface area contributed by atoms with E-state index in [-0.39, 0.29) is 24.1 Å². The number of carbonyl (C=O) groups excluding carboxylic acids is 1. The maximum Gasteiger partial charge on any atom is 0.262 e. The Hall–Kier alpha value is -2.77. The van der Waals surface area contributed by atoms with E-state index in [0.29, 0.717) is 52.1 Å². The van der Waals surface area contributed by atoms with Crippen LogP contribution in [0.4, 0.5) is 4.39 Å². The van der Waals surface area contributed by atoms with Gasteiger partial charge in [-0.25, -0.2) is 9.37 Å². The molecule has 1 aliphatic heterocycles. The van der Waals surface area contributed by atoms with Gasteiger partial charge in [-0.1, -0.05) is 29.8 Å². The highest BCUT2D eigenvalue weighted by atomic mass is 35.5. The first-order chi connectivity index (χ1) is 17.3. The molecule has 2 fully saturated rings. The molecular weight excluding hydrogens is 479 g/mol. The molecule has 1 saturated carbocycles. The first-order valence-electron chi connectivity index (χ1n) is 12.7. The molecule has 0 spiro atoms. The average Bonchev–Trinajstić information content (AvgIpc) is 3.22. The Balaban J connectivity index is 1.44. The first kappa shape index (κ1) is 24.9. The molecule has 1 N–H and O–H groups in total. The average molecular weight is 511 g/mol. The Morgan fingerprint density at radius 1 is 1.22 bits per heavy atom. The van der Waals surface area contributed by atoms with Gasteiger partial charge in [0.1, 0.15) is 18.5 Å². The third-order valence-electron chi connectivity index (χ3n) is 7.25. The zero-order valence-corrected chi connectivity index (χ0v) is 21.5. The fraction of sp³-hybridized carbons (Fsp3) is 0.464. The van der Waals surface area contributed by atoms with Crippen molar-refractivity contribution in [1.29, 1.82) is 0 Å². The summed E-state index contributed by atoms with van der Waals surface area (Å²) in [5, 5.41) is 3.91. The Labute approximate surface area is 215 Å². The lowest BCUT2D eigenvalue weighted by molar-refractivity contribution is -0.122. The standard InChI is InChI=1S/C28H32ClFN4O2/c1-17(2)31-26(35)16-34-27(20-4-3-5-22(29)12-20)32-25-7-6-19(13-24(25)28(34)36)21-10-18(11-21)14-33-9-8-23(30)15-33/h3-7,12-13,17-18,21,23H,8-11,14-16H2,1-2H3,(H,31,35)/t18-,21+,23-/m1/s1. The summed E-state index contributed by atoms with van der Waals surface area (Å²) in [5.74, 6) is 1.12. The number of alkyl halides is 1. The largest absolute Gasteiger partial charge is 0.352 e. The lowest BCUT2D eigenvalue weighted by Crippen LogP contribution is -2.37. The van der Waals surface area contributed by atoms with Gasteiger partial charge in [-0.15, -0.1) is 0 Å². The van der Waals surface area contributed by atoms with E-state index in [2.05, 4.69) is 16.3 Å². The van der Waals surface area contributed by atoms with Gasteiger partial charge in [0.05, 0.1) is 10.9 Å². The third-order valence-corrected chi connectivity index (χ3v) is 7.49. The molecule has 2 heterocycles. The predicted octanol–water partition coefficient (Wildman–Crippen LogP) is 4.78. The number of aromatic nitrogens is 2. The van der Waals surface area contributed by atoms with E-state index in [1.54, 1.807) is 18.2 Å². The van der Waals surface area contributed by atoms with Gasteiger partial charge in [0.15, 0.2) is 0 Å². The molecule has 0 unspecified atom stereocenters. The van der Waals surface area contributed by atoms with Crippen LogP contribution in [0.2, 0.25) is 5.02 Å². The quantitative estimate of drug-likeness (QED) is 0.497. The Kier molecular flexibility index (Phi) is 7.13. The van der Waals surface area contributed by atoms with Crippen molar-refractivity contribution in [2.75, 3.05) is 19.6 Å². The van der Waals surface area contributed by atoms with Gasteiger partial charge in [0.25, 0.3) is 5.56 Å². The monoisotopic (exact) mass is 510 g/mol. The minimum absolute atomic E-state index is 0.0363. The van der Waals surface area contributed by atoms with Crippen LogP contribution in [-0.4, -0.2) is 52.2 Å². The summed E-state index contributed by atoms with van der Waals surface area (Å²) in [5.41, 5.74) is 2.16. The van der Waals surface area contributed by atoms with E-state index in [1.165, 1.54) is 4.57 Å². The van der Waals surface area contributed by atoms with E-state index in [9.17, 15) is 14.0 Å². The molecule has 2 aliphatic rings. The van der Waals surface area contributed by atoms with Crippen molar-refractivity contribution in [3.63, 3.8) is 0 Å². The number of nitrogens with zero attached hydrogens (tertiary/aromatic N) is 3. The number of likely N-dealkylation sites (tertiary alicyclic amines) is 1. The number of hydrogen-bond acceptors (Lipinski definition) is 4. The van der Waals surface area contributed by atoms with E-state index in [1.807, 2.05) is 32.0 Å². The number of carbonyl (C=O) groups is 1. The molecule has 1 saturated heterocycles. The summed E-state index contributed by atoms with van der Waals surface area (Å²) in [6, 6.07) is 13.0. The molecule has 5 rings (SSSR count). The van der Waals surface area contributed by atoms with Gasteiger partial charge in [-0.3, -0.25) is 14.2 Å². The Morgan fingerprint density at radius 2 is 2.03 bits per heavy atom. The minimum Gasteiger partial charge on any atom is -0.352 e. The van der Waals surface area contributed by atoms with Crippen LogP contribution in [0.5, 0.6) is 0 Å². The molecule has 0 bridgehead atoms. The van der Waals surface area contributed by atoms with Gasteiger partial charge in [0.2, 0.25) is 5.91 Å². The normalized spacial score (nSPS) is 22.2. The smallest absolute Gasteiger partial charge is 0.262 e. The zero-order chi connectivity index (χ0) is 25.4. The first-order valence-corrected chi connectivity index (χ1v) is 13.1. The minimum atomic E-state index is -0.685. The van der Waals surface area contributed by atoms with E-state index in [4.69, 9.17) is 16.6 Å². The number of fused-ring (bicyclic) bond motifs is 1. The molecule has 1 atom stereocenters. The van der Waals surface area contributed by atoms with E-state index >= 15 is 0 Å². The van der Waals surface area contributed by atoms with E-state index < -0.39 is 6.17 Å². The highest BCUT2D eigenvalue weighted by molar-refractivity contribution is 6.30. The van der Waals surface area contributed by atoms with Crippen LogP contribution in [0.3, 0.4) is 0 Å². The molecule has 0 radical (unpaired) electrons. The molecule has 1 aromatic heterocycles. The number of amides is 1. The Bertz CT molecular complexity index is 1330. The van der Waals surface area contributed by atoms with Gasteiger partial charge in [-0.2, -0.15) is 0 Å². The number of nitrogens with one attached hydrogen (secondary N) is 1. The van der Waals surface area contributed by atoms with Crippen LogP contribution in [-0.2, 0) is 11.3 Å². The fourth-order valence-corrected chi connectivity index (χ4v) is 5.66. The highest BCUT2D eigenvalue weighted by Crippen LogP contribution is 2.42. The second kappa shape index (κ2) is 10.3. The summed E-state index contributed by atoms with van der Waals surface area (Å²) in [6.45, 7) is 6.00. The molecule has 190 valence electrons. The molecule has 8 heteroatoms. The second-order valence-electron chi connectivity index (χ2n) is 10.5. The summed E-state index contributed by atoms with van der Waals surface area (Å²) in [7, 11) is 0. The van der Waals surface area contributed by atoms with Crippen molar-refractivity contribution in [1.82, 2.24) is 19.8 Å². The molecular formula is C28H32ClFN4O2. The number of benzene rings is 2. The number of halogens is 2. The topological polar surface area (TPSA) is 67.2 Å². The number of hydrogen-bond donors (Lipinski definition) is 1. The van der Waals surface area contributed by atoms with Crippen molar-refractivity contribution in [2.24, 2.45) is 5.92 Å². The van der Waals surface area contributed by atoms with Crippen molar-refractivity contribution >= 4 is 28.4 Å². The van der Waals surface area contributed by atoms with Crippen molar-refractivity contribution in [2.45, 2.75) is 57.8 Å². The van der Waals surface area contributed by atoms with Gasteiger partial charge in [0, 0.05) is 36.3 Å². The van der Waals surface area contributed by atoms with E-state index in [0.717, 1.165) is 31.5 Å². The van der Waals surface area contributed by atoms with Crippen LogP contribution < -0.4 is 10.9 Å². The van der Waals surface area contributed by atoms with Gasteiger partial charge < -0.3 is 10.2 Å². The van der Waals surface area contributed by atoms with Crippen molar-refractivity contribution < 1.29 is 9.18 Å². The van der Waals surface area contributed by atoms with Gasteiger partial charge in [-0.05, 0) is 74.8 Å². The predicted molar refractivity (Wildman–Crippen MR) is 141 cm³/mol. The van der Waals surface area contributed by atoms with Crippen LogP contribution in [0, 0.1) is 5.92 Å². The summed E-state index contributed by atoms with van der Waals surface area (Å²) < 4.78 is 14.9.